The SMILES string of the molecule is Oc1ccccc1N1C(=S)N[C@@H](c2ccccn2)[C@H]1c1ccc(Br)s1. The van der Waals surface area contributed by atoms with Crippen LogP contribution < -0.4 is 10.2 Å². The number of benzene rings is 1. The third kappa shape index (κ3) is 3.03. The summed E-state index contributed by atoms with van der Waals surface area (Å²) in [5, 5.41) is 14.3. The first kappa shape index (κ1) is 16.5. The van der Waals surface area contributed by atoms with Gasteiger partial charge in [-0.05, 0) is 64.5 Å². The molecule has 4 nitrogen and oxygen atoms in total. The fourth-order valence-electron chi connectivity index (χ4n) is 3.06. The van der Waals surface area contributed by atoms with Crippen LogP contribution in [0, 0.1) is 0 Å². The molecular weight excluding hydrogens is 418 g/mol. The summed E-state index contributed by atoms with van der Waals surface area (Å²) in [6.07, 6.45) is 1.78. The lowest BCUT2D eigenvalue weighted by atomic mass is 10.0. The molecule has 0 bridgehead atoms. The van der Waals surface area contributed by atoms with E-state index in [4.69, 9.17) is 12.2 Å². The van der Waals surface area contributed by atoms with Crippen molar-refractivity contribution in [3.05, 3.63) is 75.2 Å². The second kappa shape index (κ2) is 6.74. The minimum absolute atomic E-state index is 0.0907. The summed E-state index contributed by atoms with van der Waals surface area (Å²) < 4.78 is 1.05. The average Bonchev–Trinajstić information content (AvgIpc) is 3.19. The fourth-order valence-corrected chi connectivity index (χ4v) is 4.95. The second-order valence-corrected chi connectivity index (χ2v) is 8.51. The number of rotatable bonds is 3. The molecule has 0 unspecified atom stereocenters. The van der Waals surface area contributed by atoms with Crippen LogP contribution >= 0.6 is 39.5 Å². The molecule has 4 rings (SSSR count). The highest BCUT2D eigenvalue weighted by molar-refractivity contribution is 9.11. The van der Waals surface area contributed by atoms with Gasteiger partial charge in [-0.1, -0.05) is 18.2 Å². The lowest BCUT2D eigenvalue weighted by Gasteiger charge is -2.27. The molecule has 2 N–H and O–H groups in total. The summed E-state index contributed by atoms with van der Waals surface area (Å²) in [6, 6.07) is 17.0. The fraction of sp³-hybridized carbons (Fsp3) is 0.111. The number of thiophene rings is 1. The zero-order chi connectivity index (χ0) is 17.4. The number of phenolic OH excluding ortho intramolecular Hbond substituents is 1. The van der Waals surface area contributed by atoms with Crippen LogP contribution in [0.4, 0.5) is 5.69 Å². The summed E-state index contributed by atoms with van der Waals surface area (Å²) >= 11 is 10.8. The molecule has 0 spiro atoms. The van der Waals surface area contributed by atoms with Crippen LogP contribution in [0.5, 0.6) is 5.75 Å². The Morgan fingerprint density at radius 3 is 2.60 bits per heavy atom. The summed E-state index contributed by atoms with van der Waals surface area (Å²) in [5.41, 5.74) is 1.60. The van der Waals surface area contributed by atoms with Crippen LogP contribution in [-0.4, -0.2) is 15.2 Å². The van der Waals surface area contributed by atoms with E-state index in [-0.39, 0.29) is 17.8 Å². The number of para-hydroxylation sites is 2. The molecule has 3 aromatic rings. The van der Waals surface area contributed by atoms with Crippen molar-refractivity contribution in [1.29, 1.82) is 0 Å². The molecule has 7 heteroatoms. The Bertz CT molecular complexity index is 915. The molecule has 3 heterocycles. The molecule has 1 aliphatic heterocycles. The highest BCUT2D eigenvalue weighted by Crippen LogP contribution is 2.46. The number of nitrogens with zero attached hydrogens (tertiary/aromatic N) is 2. The minimum Gasteiger partial charge on any atom is -0.506 e. The first-order chi connectivity index (χ1) is 12.1. The number of aromatic hydroxyl groups is 1. The van der Waals surface area contributed by atoms with Gasteiger partial charge < -0.3 is 15.3 Å². The van der Waals surface area contributed by atoms with E-state index in [1.54, 1.807) is 29.7 Å². The average molecular weight is 432 g/mol. The van der Waals surface area contributed by atoms with Crippen molar-refractivity contribution < 1.29 is 5.11 Å². The highest BCUT2D eigenvalue weighted by Gasteiger charge is 2.42. The summed E-state index contributed by atoms with van der Waals surface area (Å²) in [5.74, 6) is 0.203. The standard InChI is InChI=1S/C18H14BrN3OS2/c19-15-9-8-14(25-15)17-16(11-5-3-4-10-20-11)21-18(24)22(17)12-6-1-2-7-13(12)23/h1-10,16-17,23H,(H,21,24)/t16-,17+/m0/s1. The normalized spacial score (nSPS) is 19.9. The third-order valence-electron chi connectivity index (χ3n) is 4.12. The lowest BCUT2D eigenvalue weighted by molar-refractivity contribution is 0.473. The van der Waals surface area contributed by atoms with Gasteiger partial charge in [-0.2, -0.15) is 0 Å². The number of pyridine rings is 1. The highest BCUT2D eigenvalue weighted by atomic mass is 79.9. The number of hydrogen-bond acceptors (Lipinski definition) is 4. The van der Waals surface area contributed by atoms with Gasteiger partial charge in [0.25, 0.3) is 0 Å². The Balaban J connectivity index is 1.85. The van der Waals surface area contributed by atoms with Crippen LogP contribution in [0.15, 0.2) is 64.6 Å². The van der Waals surface area contributed by atoms with E-state index in [1.807, 2.05) is 41.3 Å². The van der Waals surface area contributed by atoms with Crippen molar-refractivity contribution in [3.63, 3.8) is 0 Å². The van der Waals surface area contributed by atoms with Gasteiger partial charge in [-0.25, -0.2) is 0 Å². The number of phenols is 1. The zero-order valence-corrected chi connectivity index (χ0v) is 16.2. The van der Waals surface area contributed by atoms with Crippen LogP contribution in [0.1, 0.15) is 22.7 Å². The van der Waals surface area contributed by atoms with E-state index in [2.05, 4.69) is 32.3 Å². The molecule has 1 fully saturated rings. The molecule has 1 aromatic carbocycles. The van der Waals surface area contributed by atoms with Crippen LogP contribution in [-0.2, 0) is 0 Å². The lowest BCUT2D eigenvalue weighted by Crippen LogP contribution is -2.29. The van der Waals surface area contributed by atoms with Crippen LogP contribution in [0.3, 0.4) is 0 Å². The van der Waals surface area contributed by atoms with Crippen molar-refractivity contribution in [2.75, 3.05) is 4.90 Å². The van der Waals surface area contributed by atoms with Crippen molar-refractivity contribution in [3.8, 4) is 5.75 Å². The number of aromatic nitrogens is 1. The Kier molecular flexibility index (Phi) is 4.45. The van der Waals surface area contributed by atoms with Crippen molar-refractivity contribution in [1.82, 2.24) is 10.3 Å². The number of thiocarbonyl (C=S) groups is 1. The quantitative estimate of drug-likeness (QED) is 0.583. The van der Waals surface area contributed by atoms with Gasteiger partial charge in [0.15, 0.2) is 5.11 Å². The molecule has 0 saturated carbocycles. The number of hydrogen-bond donors (Lipinski definition) is 2. The zero-order valence-electron chi connectivity index (χ0n) is 13.0. The summed E-state index contributed by atoms with van der Waals surface area (Å²) in [7, 11) is 0. The Hall–Kier alpha value is -1.96. The van der Waals surface area contributed by atoms with Gasteiger partial charge in [0.2, 0.25) is 0 Å². The molecule has 2 aromatic heterocycles. The van der Waals surface area contributed by atoms with Gasteiger partial charge in [-0.3, -0.25) is 4.98 Å². The van der Waals surface area contributed by atoms with Gasteiger partial charge in [0.05, 0.1) is 27.3 Å². The van der Waals surface area contributed by atoms with Crippen molar-refractivity contribution in [2.24, 2.45) is 0 Å². The molecule has 126 valence electrons. The van der Waals surface area contributed by atoms with Crippen molar-refractivity contribution >= 4 is 50.3 Å². The Morgan fingerprint density at radius 2 is 1.92 bits per heavy atom. The van der Waals surface area contributed by atoms with E-state index in [9.17, 15) is 5.11 Å². The predicted octanol–water partition coefficient (Wildman–Crippen LogP) is 4.79. The maximum absolute atomic E-state index is 10.4. The van der Waals surface area contributed by atoms with Crippen molar-refractivity contribution in [2.45, 2.75) is 12.1 Å². The van der Waals surface area contributed by atoms with E-state index in [0.717, 1.165) is 14.4 Å². The van der Waals surface area contributed by atoms with Gasteiger partial charge in [0, 0.05) is 11.1 Å². The molecular formula is C18H14BrN3OS2. The van der Waals surface area contributed by atoms with Crippen LogP contribution in [0.25, 0.3) is 0 Å². The molecule has 25 heavy (non-hydrogen) atoms. The van der Waals surface area contributed by atoms with Crippen LogP contribution in [0.2, 0.25) is 0 Å². The number of halogens is 1. The summed E-state index contributed by atoms with van der Waals surface area (Å²) in [6.45, 7) is 0. The van der Waals surface area contributed by atoms with E-state index in [0.29, 0.717) is 10.8 Å². The van der Waals surface area contributed by atoms with E-state index in [1.165, 1.54) is 0 Å². The van der Waals surface area contributed by atoms with Gasteiger partial charge in [-0.15, -0.1) is 11.3 Å². The van der Waals surface area contributed by atoms with Gasteiger partial charge in [0.1, 0.15) is 5.75 Å². The minimum atomic E-state index is -0.0983. The molecule has 0 amide bonds. The maximum atomic E-state index is 10.4. The molecule has 0 aliphatic carbocycles. The molecule has 2 atom stereocenters. The monoisotopic (exact) mass is 431 g/mol. The van der Waals surface area contributed by atoms with Gasteiger partial charge >= 0.3 is 0 Å². The topological polar surface area (TPSA) is 48.4 Å². The summed E-state index contributed by atoms with van der Waals surface area (Å²) in [4.78, 5) is 7.62. The second-order valence-electron chi connectivity index (χ2n) is 5.63. The smallest absolute Gasteiger partial charge is 0.174 e. The molecule has 0 radical (unpaired) electrons. The number of anilines is 1. The largest absolute Gasteiger partial charge is 0.506 e. The molecule has 1 saturated heterocycles. The Labute approximate surface area is 163 Å². The first-order valence-electron chi connectivity index (χ1n) is 7.69. The predicted molar refractivity (Wildman–Crippen MR) is 108 cm³/mol. The first-order valence-corrected chi connectivity index (χ1v) is 9.71. The molecule has 1 aliphatic rings. The number of nitrogens with one attached hydrogen (secondary N) is 1. The van der Waals surface area contributed by atoms with E-state index >= 15 is 0 Å². The Morgan fingerprint density at radius 1 is 1.12 bits per heavy atom. The van der Waals surface area contributed by atoms with E-state index < -0.39 is 0 Å². The third-order valence-corrected chi connectivity index (χ3v) is 6.13. The maximum Gasteiger partial charge on any atom is 0.174 e.